The number of quaternary nitrogens is 1. The summed E-state index contributed by atoms with van der Waals surface area (Å²) in [4.78, 5) is 25.5. The number of hydrogen-bond acceptors (Lipinski definition) is 6. The second-order valence-electron chi connectivity index (χ2n) is 19.9. The van der Waals surface area contributed by atoms with E-state index in [0.717, 1.165) is 57.8 Å². The molecule has 0 aliphatic heterocycles. The molecule has 0 aromatic heterocycles. The van der Waals surface area contributed by atoms with E-state index in [2.05, 4.69) is 55.6 Å². The van der Waals surface area contributed by atoms with E-state index in [0.29, 0.717) is 17.4 Å². The maximum Gasteiger partial charge on any atom is 0.268 e. The summed E-state index contributed by atoms with van der Waals surface area (Å²) in [5.41, 5.74) is 0. The Morgan fingerprint density at radius 1 is 0.538 bits per heavy atom. The lowest BCUT2D eigenvalue weighted by atomic mass is 10.0. The predicted octanol–water partition coefficient (Wildman–Crippen LogP) is 15.7. The number of amides is 1. The van der Waals surface area contributed by atoms with Gasteiger partial charge < -0.3 is 28.8 Å². The van der Waals surface area contributed by atoms with Gasteiger partial charge in [-0.3, -0.25) is 9.36 Å². The van der Waals surface area contributed by atoms with Crippen LogP contribution in [-0.2, 0) is 18.4 Å². The highest BCUT2D eigenvalue weighted by molar-refractivity contribution is 7.45. The largest absolute Gasteiger partial charge is 0.756 e. The Kier molecular flexibility index (Phi) is 46.4. The second kappa shape index (κ2) is 47.5. The quantitative estimate of drug-likeness (QED) is 0.0272. The average Bonchev–Trinajstić information content (AvgIpc) is 3.26. The Labute approximate surface area is 403 Å². The maximum atomic E-state index is 12.9. The minimum Gasteiger partial charge on any atom is -0.756 e. The molecular weight excluding hydrogens is 828 g/mol. The van der Waals surface area contributed by atoms with Crippen molar-refractivity contribution in [2.24, 2.45) is 0 Å². The lowest BCUT2D eigenvalue weighted by Gasteiger charge is -2.29. The standard InChI is InChI=1S/C56H107N2O6P/c1-6-8-10-12-14-16-18-20-22-24-26-28-29-30-32-34-36-38-40-42-44-46-48-50-56(60)57-54(53-64-65(61,62)63-52-51-58(3,4)5)55(59)49-47-45-43-41-39-37-35-33-31-27-25-23-21-19-17-15-13-11-9-7-2/h18,20,24,26,29-30,47,49,54-55,59H,6-17,19,21-23,25,27-28,31-46,48,50-53H2,1-5H3,(H-,57,60,61,62)/b20-18-,26-24-,30-29-,49-47+. The number of carbonyl (C=O) groups is 1. The van der Waals surface area contributed by atoms with E-state index in [9.17, 15) is 19.4 Å². The van der Waals surface area contributed by atoms with Gasteiger partial charge in [0, 0.05) is 6.42 Å². The molecule has 1 amide bonds. The van der Waals surface area contributed by atoms with Gasteiger partial charge in [0.15, 0.2) is 0 Å². The molecule has 0 spiro atoms. The summed E-state index contributed by atoms with van der Waals surface area (Å²) in [7, 11) is 1.26. The van der Waals surface area contributed by atoms with Gasteiger partial charge in [-0.15, -0.1) is 0 Å². The van der Waals surface area contributed by atoms with Crippen LogP contribution in [0.1, 0.15) is 251 Å². The fourth-order valence-electron chi connectivity index (χ4n) is 7.93. The van der Waals surface area contributed by atoms with Gasteiger partial charge in [-0.2, -0.15) is 0 Å². The number of rotatable bonds is 50. The zero-order valence-corrected chi connectivity index (χ0v) is 44.3. The van der Waals surface area contributed by atoms with Crippen LogP contribution < -0.4 is 10.2 Å². The smallest absolute Gasteiger partial charge is 0.268 e. The SMILES string of the molecule is CCCCCCC/C=C\C/C=C\C/C=C\CCCCCCCCCCC(=O)NC(COP(=O)([O-])OCC[N+](C)(C)C)C(O)/C=C/CCCCCCCCCCCCCCCCCCCC. The monoisotopic (exact) mass is 935 g/mol. The Hall–Kier alpha value is -1.54. The third-order valence-corrected chi connectivity index (χ3v) is 13.2. The zero-order valence-electron chi connectivity index (χ0n) is 43.4. The van der Waals surface area contributed by atoms with Gasteiger partial charge in [-0.05, 0) is 57.8 Å². The first-order chi connectivity index (χ1) is 31.5. The molecule has 3 atom stereocenters. The van der Waals surface area contributed by atoms with E-state index in [1.807, 2.05) is 27.2 Å². The summed E-state index contributed by atoms with van der Waals surface area (Å²) >= 11 is 0. The van der Waals surface area contributed by atoms with Gasteiger partial charge in [0.25, 0.3) is 7.82 Å². The Morgan fingerprint density at radius 2 is 0.892 bits per heavy atom. The van der Waals surface area contributed by atoms with Crippen LogP contribution in [0, 0.1) is 0 Å². The molecule has 0 aliphatic carbocycles. The topological polar surface area (TPSA) is 108 Å². The van der Waals surface area contributed by atoms with Crippen LogP contribution in [0.15, 0.2) is 48.6 Å². The van der Waals surface area contributed by atoms with Crippen LogP contribution >= 0.6 is 7.82 Å². The summed E-state index contributed by atoms with van der Waals surface area (Å²) in [6.45, 7) is 4.65. The van der Waals surface area contributed by atoms with Crippen molar-refractivity contribution in [3.05, 3.63) is 48.6 Å². The number of carbonyl (C=O) groups excluding carboxylic acids is 1. The summed E-state index contributed by atoms with van der Waals surface area (Å²) in [6, 6.07) is -0.892. The molecule has 0 bridgehead atoms. The van der Waals surface area contributed by atoms with E-state index >= 15 is 0 Å². The fourth-order valence-corrected chi connectivity index (χ4v) is 8.65. The highest BCUT2D eigenvalue weighted by Crippen LogP contribution is 2.38. The normalized spacial score (nSPS) is 14.4. The number of unbranched alkanes of at least 4 members (excludes halogenated alkanes) is 31. The van der Waals surface area contributed by atoms with E-state index in [1.165, 1.54) is 173 Å². The number of phosphoric acid groups is 1. The molecule has 3 unspecified atom stereocenters. The van der Waals surface area contributed by atoms with Gasteiger partial charge in [-0.25, -0.2) is 0 Å². The molecule has 0 aliphatic rings. The molecule has 0 heterocycles. The molecule has 0 rings (SSSR count). The van der Waals surface area contributed by atoms with Crippen molar-refractivity contribution < 1.29 is 32.9 Å². The molecule has 0 saturated heterocycles. The van der Waals surface area contributed by atoms with Gasteiger partial charge in [0.1, 0.15) is 13.2 Å². The third kappa shape index (κ3) is 50.2. The van der Waals surface area contributed by atoms with Crippen LogP contribution in [0.2, 0.25) is 0 Å². The van der Waals surface area contributed by atoms with Crippen LogP contribution in [0.5, 0.6) is 0 Å². The second-order valence-corrected chi connectivity index (χ2v) is 21.3. The van der Waals surface area contributed by atoms with Crippen molar-refractivity contribution in [3.8, 4) is 0 Å². The van der Waals surface area contributed by atoms with Crippen LogP contribution in [-0.4, -0.2) is 68.5 Å². The minimum atomic E-state index is -4.60. The summed E-state index contributed by atoms with van der Waals surface area (Å²) in [6.07, 6.45) is 61.7. The first-order valence-corrected chi connectivity index (χ1v) is 29.0. The fraction of sp³-hybridized carbons (Fsp3) is 0.839. The Morgan fingerprint density at radius 3 is 1.29 bits per heavy atom. The molecule has 0 radical (unpaired) electrons. The van der Waals surface area contributed by atoms with Crippen molar-refractivity contribution in [1.82, 2.24) is 5.32 Å². The van der Waals surface area contributed by atoms with Gasteiger partial charge in [0.05, 0.1) is 39.9 Å². The molecule has 2 N–H and O–H groups in total. The minimum absolute atomic E-state index is 0.00348. The number of allylic oxidation sites excluding steroid dienone is 7. The lowest BCUT2D eigenvalue weighted by molar-refractivity contribution is -0.870. The van der Waals surface area contributed by atoms with E-state index in [-0.39, 0.29) is 19.1 Å². The number of nitrogens with zero attached hydrogens (tertiary/aromatic N) is 1. The first kappa shape index (κ1) is 63.5. The molecule has 0 aromatic carbocycles. The molecule has 0 aromatic rings. The van der Waals surface area contributed by atoms with Crippen LogP contribution in [0.25, 0.3) is 0 Å². The summed E-state index contributed by atoms with van der Waals surface area (Å²) in [5, 5.41) is 13.9. The van der Waals surface area contributed by atoms with Crippen molar-refractivity contribution >= 4 is 13.7 Å². The molecule has 382 valence electrons. The number of aliphatic hydroxyl groups excluding tert-OH is 1. The summed E-state index contributed by atoms with van der Waals surface area (Å²) in [5.74, 6) is -0.204. The van der Waals surface area contributed by atoms with E-state index < -0.39 is 20.0 Å². The highest BCUT2D eigenvalue weighted by Gasteiger charge is 2.23. The lowest BCUT2D eigenvalue weighted by Crippen LogP contribution is -2.45. The van der Waals surface area contributed by atoms with Crippen LogP contribution in [0.3, 0.4) is 0 Å². The van der Waals surface area contributed by atoms with Crippen LogP contribution in [0.4, 0.5) is 0 Å². The Balaban J connectivity index is 4.29. The Bertz CT molecular complexity index is 1200. The predicted molar refractivity (Wildman–Crippen MR) is 279 cm³/mol. The van der Waals surface area contributed by atoms with Crippen molar-refractivity contribution in [1.29, 1.82) is 0 Å². The number of nitrogens with one attached hydrogen (secondary N) is 1. The molecule has 0 saturated carbocycles. The zero-order chi connectivity index (χ0) is 47.8. The number of likely N-dealkylation sites (N-methyl/N-ethyl adjacent to an activating group) is 1. The van der Waals surface area contributed by atoms with E-state index in [1.54, 1.807) is 6.08 Å². The average molecular weight is 935 g/mol. The van der Waals surface area contributed by atoms with Gasteiger partial charge in [-0.1, -0.05) is 236 Å². The molecule has 0 fully saturated rings. The maximum absolute atomic E-state index is 12.9. The van der Waals surface area contributed by atoms with Crippen molar-refractivity contribution in [3.63, 3.8) is 0 Å². The molecule has 9 heteroatoms. The number of phosphoric ester groups is 1. The number of aliphatic hydroxyl groups is 1. The molecule has 8 nitrogen and oxygen atoms in total. The summed E-state index contributed by atoms with van der Waals surface area (Å²) < 4.78 is 23.3. The van der Waals surface area contributed by atoms with Gasteiger partial charge >= 0.3 is 0 Å². The van der Waals surface area contributed by atoms with Gasteiger partial charge in [0.2, 0.25) is 5.91 Å². The van der Waals surface area contributed by atoms with Crippen molar-refractivity contribution in [2.45, 2.75) is 264 Å². The molecule has 65 heavy (non-hydrogen) atoms. The first-order valence-electron chi connectivity index (χ1n) is 27.5. The number of hydrogen-bond donors (Lipinski definition) is 2. The highest BCUT2D eigenvalue weighted by atomic mass is 31.2. The van der Waals surface area contributed by atoms with Crippen molar-refractivity contribution in [2.75, 3.05) is 40.9 Å². The van der Waals surface area contributed by atoms with E-state index in [4.69, 9.17) is 9.05 Å². The molecular formula is C56H107N2O6P. The third-order valence-electron chi connectivity index (χ3n) is 12.3.